The Morgan fingerprint density at radius 1 is 1.14 bits per heavy atom. The van der Waals surface area contributed by atoms with E-state index in [0.29, 0.717) is 20.0 Å². The molecule has 1 aliphatic heterocycles. The van der Waals surface area contributed by atoms with E-state index in [-0.39, 0.29) is 25.5 Å². The van der Waals surface area contributed by atoms with Gasteiger partial charge in [-0.3, -0.25) is 14.5 Å². The smallest absolute Gasteiger partial charge is 0.348 e. The van der Waals surface area contributed by atoms with E-state index < -0.39 is 17.6 Å². The van der Waals surface area contributed by atoms with Crippen molar-refractivity contribution in [3.05, 3.63) is 0 Å². The Morgan fingerprint density at radius 3 is 2.00 bits per heavy atom. The minimum atomic E-state index is -4.79. The summed E-state index contributed by atoms with van der Waals surface area (Å²) >= 11 is 0. The predicted molar refractivity (Wildman–Crippen MR) is 70.4 cm³/mol. The minimum absolute atomic E-state index is 0.0891. The second-order valence-corrected chi connectivity index (χ2v) is 5.56. The van der Waals surface area contributed by atoms with Gasteiger partial charge in [-0.2, -0.15) is 13.2 Å². The number of hydrogen-bond acceptors (Lipinski definition) is 4. The van der Waals surface area contributed by atoms with Gasteiger partial charge in [0.1, 0.15) is 0 Å². The largest absolute Gasteiger partial charge is 0.415 e. The topological polar surface area (TPSA) is 69.9 Å². The molecule has 0 aliphatic carbocycles. The van der Waals surface area contributed by atoms with Crippen molar-refractivity contribution in [2.75, 3.05) is 46.8 Å². The number of amides is 2. The van der Waals surface area contributed by atoms with Gasteiger partial charge in [-0.25, -0.2) is 0 Å². The molecular formula is C12H21F3N4O2. The lowest BCUT2D eigenvalue weighted by Gasteiger charge is -2.38. The van der Waals surface area contributed by atoms with Crippen molar-refractivity contribution < 1.29 is 22.8 Å². The van der Waals surface area contributed by atoms with Crippen LogP contribution >= 0.6 is 0 Å². The number of carbonyl (C=O) groups is 2. The van der Waals surface area contributed by atoms with E-state index in [9.17, 15) is 22.8 Å². The Hall–Kier alpha value is -1.35. The summed E-state index contributed by atoms with van der Waals surface area (Å²) in [6.07, 6.45) is -4.79. The van der Waals surface area contributed by atoms with E-state index in [1.807, 2.05) is 0 Å². The van der Waals surface area contributed by atoms with Crippen LogP contribution in [0.2, 0.25) is 0 Å². The third kappa shape index (κ3) is 4.07. The van der Waals surface area contributed by atoms with Gasteiger partial charge in [0.25, 0.3) is 5.91 Å². The highest BCUT2D eigenvalue weighted by molar-refractivity contribution is 5.86. The van der Waals surface area contributed by atoms with Crippen molar-refractivity contribution in [1.29, 1.82) is 0 Å². The molecule has 0 aromatic carbocycles. The number of rotatable bonds is 3. The average molecular weight is 310 g/mol. The van der Waals surface area contributed by atoms with Crippen molar-refractivity contribution in [3.8, 4) is 0 Å². The normalized spacial score (nSPS) is 20.0. The molecule has 1 rings (SSSR count). The molecule has 1 unspecified atom stereocenters. The molecule has 2 N–H and O–H groups in total. The van der Waals surface area contributed by atoms with E-state index in [2.05, 4.69) is 0 Å². The Kier molecular flexibility index (Phi) is 5.21. The summed E-state index contributed by atoms with van der Waals surface area (Å²) in [5.74, 6) is -1.22. The van der Waals surface area contributed by atoms with E-state index in [0.717, 1.165) is 4.90 Å². The first-order chi connectivity index (χ1) is 9.46. The molecule has 6 nitrogen and oxygen atoms in total. The number of nitrogens with two attached hydrogens (primary N) is 1. The van der Waals surface area contributed by atoms with Crippen molar-refractivity contribution in [2.45, 2.75) is 18.6 Å². The lowest BCUT2D eigenvalue weighted by atomic mass is 10.0. The SMILES string of the molecule is CN(C)C(=O)CN1CCN(C(=O)C(C)(N)C(F)(F)F)CC1. The van der Waals surface area contributed by atoms with Crippen LogP contribution in [0.25, 0.3) is 0 Å². The number of alkyl halides is 3. The zero-order valence-corrected chi connectivity index (χ0v) is 12.4. The summed E-state index contributed by atoms with van der Waals surface area (Å²) < 4.78 is 38.2. The molecule has 0 aromatic rings. The van der Waals surface area contributed by atoms with Gasteiger partial charge in [-0.05, 0) is 6.92 Å². The third-order valence-corrected chi connectivity index (χ3v) is 3.55. The molecule has 1 atom stereocenters. The van der Waals surface area contributed by atoms with Crippen molar-refractivity contribution in [3.63, 3.8) is 0 Å². The van der Waals surface area contributed by atoms with Crippen LogP contribution in [0.5, 0.6) is 0 Å². The van der Waals surface area contributed by atoms with Crippen LogP contribution in [-0.4, -0.2) is 85.0 Å². The molecule has 9 heteroatoms. The summed E-state index contributed by atoms with van der Waals surface area (Å²) in [6, 6.07) is 0. The van der Waals surface area contributed by atoms with E-state index >= 15 is 0 Å². The average Bonchev–Trinajstić information content (AvgIpc) is 2.37. The van der Waals surface area contributed by atoms with Crippen molar-refractivity contribution in [1.82, 2.24) is 14.7 Å². The zero-order valence-electron chi connectivity index (χ0n) is 12.4. The van der Waals surface area contributed by atoms with Crippen LogP contribution in [-0.2, 0) is 9.59 Å². The van der Waals surface area contributed by atoms with Crippen LogP contribution in [0.15, 0.2) is 0 Å². The van der Waals surface area contributed by atoms with Gasteiger partial charge in [0.15, 0.2) is 5.54 Å². The van der Waals surface area contributed by atoms with E-state index in [1.54, 1.807) is 19.0 Å². The number of halogens is 3. The summed E-state index contributed by atoms with van der Waals surface area (Å²) in [5.41, 5.74) is 2.25. The van der Waals surface area contributed by atoms with Crippen LogP contribution in [0.4, 0.5) is 13.2 Å². The van der Waals surface area contributed by atoms with Gasteiger partial charge in [0.2, 0.25) is 5.91 Å². The Morgan fingerprint density at radius 2 is 1.62 bits per heavy atom. The van der Waals surface area contributed by atoms with Crippen LogP contribution in [0, 0.1) is 0 Å². The third-order valence-electron chi connectivity index (χ3n) is 3.55. The van der Waals surface area contributed by atoms with E-state index in [1.165, 1.54) is 4.90 Å². The number of likely N-dealkylation sites (N-methyl/N-ethyl adjacent to an activating group) is 1. The molecule has 0 saturated carbocycles. The Bertz CT molecular complexity index is 402. The first-order valence-corrected chi connectivity index (χ1v) is 6.54. The van der Waals surface area contributed by atoms with Crippen molar-refractivity contribution >= 4 is 11.8 Å². The van der Waals surface area contributed by atoms with Gasteiger partial charge >= 0.3 is 6.18 Å². The number of nitrogens with zero attached hydrogens (tertiary/aromatic N) is 3. The molecule has 1 saturated heterocycles. The van der Waals surface area contributed by atoms with Gasteiger partial charge in [-0.1, -0.05) is 0 Å². The Balaban J connectivity index is 2.57. The first-order valence-electron chi connectivity index (χ1n) is 6.54. The molecule has 1 heterocycles. The second-order valence-electron chi connectivity index (χ2n) is 5.56. The van der Waals surface area contributed by atoms with Gasteiger partial charge < -0.3 is 15.5 Å². The van der Waals surface area contributed by atoms with Gasteiger partial charge in [0, 0.05) is 40.3 Å². The second kappa shape index (κ2) is 6.18. The maximum Gasteiger partial charge on any atom is 0.415 e. The predicted octanol–water partition coefficient (Wildman–Crippen LogP) is -0.501. The fourth-order valence-corrected chi connectivity index (χ4v) is 1.89. The van der Waals surface area contributed by atoms with Crippen molar-refractivity contribution in [2.24, 2.45) is 5.73 Å². The standard InChI is InChI=1S/C12H21F3N4O2/c1-11(16,12(13,14)15)10(21)19-6-4-18(5-7-19)8-9(20)17(2)3/h4-8,16H2,1-3H3. The lowest BCUT2D eigenvalue weighted by molar-refractivity contribution is -0.194. The summed E-state index contributed by atoms with van der Waals surface area (Å²) in [6.45, 7) is 1.81. The van der Waals surface area contributed by atoms with E-state index in [4.69, 9.17) is 5.73 Å². The van der Waals surface area contributed by atoms with Crippen LogP contribution in [0.1, 0.15) is 6.92 Å². The fourth-order valence-electron chi connectivity index (χ4n) is 1.89. The Labute approximate surface area is 121 Å². The molecule has 21 heavy (non-hydrogen) atoms. The molecule has 0 radical (unpaired) electrons. The molecule has 0 bridgehead atoms. The highest BCUT2D eigenvalue weighted by atomic mass is 19.4. The molecule has 0 spiro atoms. The monoisotopic (exact) mass is 310 g/mol. The minimum Gasteiger partial charge on any atom is -0.348 e. The lowest BCUT2D eigenvalue weighted by Crippen LogP contribution is -2.64. The molecule has 122 valence electrons. The molecule has 0 aromatic heterocycles. The zero-order chi connectivity index (χ0) is 16.4. The highest BCUT2D eigenvalue weighted by Gasteiger charge is 2.55. The fraction of sp³-hybridized carbons (Fsp3) is 0.833. The molecule has 1 aliphatic rings. The van der Waals surface area contributed by atoms with Gasteiger partial charge in [-0.15, -0.1) is 0 Å². The maximum atomic E-state index is 12.7. The summed E-state index contributed by atoms with van der Waals surface area (Å²) in [5, 5.41) is 0. The maximum absolute atomic E-state index is 12.7. The summed E-state index contributed by atoms with van der Waals surface area (Å²) in [7, 11) is 3.26. The van der Waals surface area contributed by atoms with Gasteiger partial charge in [0.05, 0.1) is 6.54 Å². The quantitative estimate of drug-likeness (QED) is 0.763. The van der Waals surface area contributed by atoms with Crippen LogP contribution in [0.3, 0.4) is 0 Å². The van der Waals surface area contributed by atoms with Crippen LogP contribution < -0.4 is 5.73 Å². The first kappa shape index (κ1) is 17.7. The number of piperazine rings is 1. The highest BCUT2D eigenvalue weighted by Crippen LogP contribution is 2.29. The summed E-state index contributed by atoms with van der Waals surface area (Å²) in [4.78, 5) is 27.8. The number of carbonyl (C=O) groups excluding carboxylic acids is 2. The molecule has 2 amide bonds. The molecule has 1 fully saturated rings. The molecular weight excluding hydrogens is 289 g/mol. The number of hydrogen-bond donors (Lipinski definition) is 1.